The standard InChI is InChI=1S/C20H25N5O3S/c1-13-12-27-9-7-24(13)16-10-14(11-26)20-19(22-16)18(23-29-20)15-5-6-21-25(15)17-4-2-3-8-28-17/h5-6,10,13,17,26H,2-4,7-9,11-12H2,1H3/t13-,17?/m1/s1. The number of nitrogens with zero attached hydrogens (tertiary/aromatic N) is 5. The van der Waals surface area contributed by atoms with Gasteiger partial charge in [0.05, 0.1) is 36.3 Å². The average molecular weight is 416 g/mol. The fourth-order valence-corrected chi connectivity index (χ4v) is 4.95. The maximum absolute atomic E-state index is 9.99. The van der Waals surface area contributed by atoms with E-state index < -0.39 is 0 Å². The highest BCUT2D eigenvalue weighted by Crippen LogP contribution is 2.36. The molecule has 1 N–H and O–H groups in total. The number of aromatic nitrogens is 4. The number of anilines is 1. The first-order valence-corrected chi connectivity index (χ1v) is 10.9. The smallest absolute Gasteiger partial charge is 0.150 e. The van der Waals surface area contributed by atoms with Crippen molar-refractivity contribution in [3.05, 3.63) is 23.9 Å². The summed E-state index contributed by atoms with van der Waals surface area (Å²) in [6.45, 7) is 4.98. The zero-order valence-electron chi connectivity index (χ0n) is 16.5. The van der Waals surface area contributed by atoms with Crippen LogP contribution in [-0.2, 0) is 16.1 Å². The number of hydrogen-bond donors (Lipinski definition) is 1. The summed E-state index contributed by atoms with van der Waals surface area (Å²) in [6.07, 6.45) is 4.90. The van der Waals surface area contributed by atoms with E-state index in [9.17, 15) is 5.11 Å². The lowest BCUT2D eigenvalue weighted by Crippen LogP contribution is -2.44. The topological polar surface area (TPSA) is 85.5 Å². The van der Waals surface area contributed by atoms with Gasteiger partial charge in [0, 0.05) is 24.9 Å². The summed E-state index contributed by atoms with van der Waals surface area (Å²) >= 11 is 1.38. The fraction of sp³-hybridized carbons (Fsp3) is 0.550. The molecule has 2 aliphatic rings. The summed E-state index contributed by atoms with van der Waals surface area (Å²) in [6, 6.07) is 4.18. The molecule has 0 radical (unpaired) electrons. The molecule has 29 heavy (non-hydrogen) atoms. The van der Waals surface area contributed by atoms with Crippen LogP contribution in [0.25, 0.3) is 21.6 Å². The Kier molecular flexibility index (Phi) is 5.21. The molecule has 0 bridgehead atoms. The van der Waals surface area contributed by atoms with Crippen molar-refractivity contribution < 1.29 is 14.6 Å². The minimum atomic E-state index is -0.0646. The van der Waals surface area contributed by atoms with Gasteiger partial charge in [0.15, 0.2) is 6.23 Å². The molecule has 0 saturated carbocycles. The second-order valence-corrected chi connectivity index (χ2v) is 8.38. The third-order valence-corrected chi connectivity index (χ3v) is 6.57. The van der Waals surface area contributed by atoms with Gasteiger partial charge in [-0.3, -0.25) is 0 Å². The molecule has 8 nitrogen and oxygen atoms in total. The summed E-state index contributed by atoms with van der Waals surface area (Å²) < 4.78 is 19.1. The van der Waals surface area contributed by atoms with E-state index in [1.54, 1.807) is 6.20 Å². The van der Waals surface area contributed by atoms with E-state index in [2.05, 4.69) is 16.9 Å². The lowest BCUT2D eigenvalue weighted by molar-refractivity contribution is -0.0383. The zero-order valence-corrected chi connectivity index (χ0v) is 17.3. The normalized spacial score (nSPS) is 23.0. The van der Waals surface area contributed by atoms with Crippen molar-refractivity contribution in [1.82, 2.24) is 19.1 Å². The molecule has 1 unspecified atom stereocenters. The predicted octanol–water partition coefficient (Wildman–Crippen LogP) is 2.97. The second kappa shape index (κ2) is 7.98. The van der Waals surface area contributed by atoms with Crippen LogP contribution in [0.3, 0.4) is 0 Å². The average Bonchev–Trinajstić information content (AvgIpc) is 3.40. The van der Waals surface area contributed by atoms with Crippen molar-refractivity contribution in [2.45, 2.75) is 45.1 Å². The van der Waals surface area contributed by atoms with Gasteiger partial charge in [-0.1, -0.05) is 0 Å². The molecule has 2 aliphatic heterocycles. The predicted molar refractivity (Wildman–Crippen MR) is 111 cm³/mol. The highest BCUT2D eigenvalue weighted by molar-refractivity contribution is 7.13. The number of aliphatic hydroxyl groups is 1. The van der Waals surface area contributed by atoms with Crippen molar-refractivity contribution in [1.29, 1.82) is 0 Å². The summed E-state index contributed by atoms with van der Waals surface area (Å²) in [5, 5.41) is 14.5. The highest BCUT2D eigenvalue weighted by atomic mass is 32.1. The van der Waals surface area contributed by atoms with Gasteiger partial charge >= 0.3 is 0 Å². The third kappa shape index (κ3) is 3.42. The lowest BCUT2D eigenvalue weighted by atomic mass is 10.1. The molecule has 0 aromatic carbocycles. The van der Waals surface area contributed by atoms with E-state index in [4.69, 9.17) is 18.8 Å². The minimum Gasteiger partial charge on any atom is -0.392 e. The van der Waals surface area contributed by atoms with E-state index in [0.717, 1.165) is 65.4 Å². The van der Waals surface area contributed by atoms with Crippen molar-refractivity contribution in [3.8, 4) is 11.4 Å². The largest absolute Gasteiger partial charge is 0.392 e. The van der Waals surface area contributed by atoms with Gasteiger partial charge in [0.25, 0.3) is 0 Å². The lowest BCUT2D eigenvalue weighted by Gasteiger charge is -2.34. The van der Waals surface area contributed by atoms with Gasteiger partial charge in [0.2, 0.25) is 0 Å². The van der Waals surface area contributed by atoms with Crippen LogP contribution in [0, 0.1) is 0 Å². The molecule has 5 heterocycles. The molecule has 2 atom stereocenters. The van der Waals surface area contributed by atoms with Gasteiger partial charge < -0.3 is 19.5 Å². The molecule has 0 spiro atoms. The highest BCUT2D eigenvalue weighted by Gasteiger charge is 2.26. The maximum Gasteiger partial charge on any atom is 0.150 e. The molecule has 2 fully saturated rings. The number of aliphatic hydroxyl groups excluding tert-OH is 1. The van der Waals surface area contributed by atoms with Crippen LogP contribution in [-0.4, -0.2) is 56.7 Å². The minimum absolute atomic E-state index is 0.0443. The molecule has 3 aromatic rings. The Morgan fingerprint density at radius 3 is 3.03 bits per heavy atom. The number of ether oxygens (including phenoxy) is 2. The number of morpholine rings is 1. The third-order valence-electron chi connectivity index (χ3n) is 5.66. The molecule has 154 valence electrons. The fourth-order valence-electron chi connectivity index (χ4n) is 4.12. The summed E-state index contributed by atoms with van der Waals surface area (Å²) in [5.74, 6) is 0.860. The summed E-state index contributed by atoms with van der Waals surface area (Å²) in [5.41, 5.74) is 3.38. The van der Waals surface area contributed by atoms with Crippen molar-refractivity contribution >= 4 is 27.6 Å². The summed E-state index contributed by atoms with van der Waals surface area (Å²) in [4.78, 5) is 7.23. The number of hydrogen-bond acceptors (Lipinski definition) is 8. The molecule has 3 aromatic heterocycles. The van der Waals surface area contributed by atoms with Gasteiger partial charge in [0.1, 0.15) is 17.0 Å². The maximum atomic E-state index is 9.99. The molecular formula is C20H25N5O3S. The van der Waals surface area contributed by atoms with E-state index in [1.807, 2.05) is 16.8 Å². The van der Waals surface area contributed by atoms with E-state index >= 15 is 0 Å². The number of rotatable bonds is 4. The van der Waals surface area contributed by atoms with E-state index in [0.29, 0.717) is 13.2 Å². The molecule has 5 rings (SSSR count). The van der Waals surface area contributed by atoms with Crippen LogP contribution in [0.5, 0.6) is 0 Å². The zero-order chi connectivity index (χ0) is 19.8. The second-order valence-electron chi connectivity index (χ2n) is 7.61. The molecular weight excluding hydrogens is 390 g/mol. The van der Waals surface area contributed by atoms with Gasteiger partial charge in [-0.05, 0) is 49.9 Å². The molecule has 0 aliphatic carbocycles. The molecule has 9 heteroatoms. The van der Waals surface area contributed by atoms with Crippen LogP contribution in [0.4, 0.5) is 5.82 Å². The van der Waals surface area contributed by atoms with Gasteiger partial charge in [-0.2, -0.15) is 9.47 Å². The first-order valence-electron chi connectivity index (χ1n) is 10.2. The quantitative estimate of drug-likeness (QED) is 0.701. The van der Waals surface area contributed by atoms with Crippen LogP contribution >= 0.6 is 11.5 Å². The first-order chi connectivity index (χ1) is 14.3. The Balaban J connectivity index is 1.61. The Morgan fingerprint density at radius 2 is 2.24 bits per heavy atom. The Labute approximate surface area is 173 Å². The van der Waals surface area contributed by atoms with E-state index in [-0.39, 0.29) is 18.9 Å². The summed E-state index contributed by atoms with van der Waals surface area (Å²) in [7, 11) is 0. The van der Waals surface area contributed by atoms with Crippen LogP contribution < -0.4 is 4.90 Å². The SMILES string of the molecule is C[C@@H]1COCCN1c1cc(CO)c2snc(-c3ccnn3C3CCCCO3)c2n1. The van der Waals surface area contributed by atoms with Crippen LogP contribution in [0.1, 0.15) is 38.0 Å². The van der Waals surface area contributed by atoms with Crippen LogP contribution in [0.15, 0.2) is 18.3 Å². The van der Waals surface area contributed by atoms with Gasteiger partial charge in [-0.15, -0.1) is 0 Å². The Hall–Kier alpha value is -2.07. The monoisotopic (exact) mass is 415 g/mol. The molecule has 2 saturated heterocycles. The van der Waals surface area contributed by atoms with Crippen molar-refractivity contribution in [2.24, 2.45) is 0 Å². The van der Waals surface area contributed by atoms with Crippen LogP contribution in [0.2, 0.25) is 0 Å². The van der Waals surface area contributed by atoms with E-state index in [1.165, 1.54) is 11.5 Å². The van der Waals surface area contributed by atoms with Gasteiger partial charge in [-0.25, -0.2) is 9.67 Å². The number of pyridine rings is 1. The molecule has 0 amide bonds. The Bertz CT molecular complexity index is 997. The number of fused-ring (bicyclic) bond motifs is 1. The van der Waals surface area contributed by atoms with Crippen molar-refractivity contribution in [3.63, 3.8) is 0 Å². The first kappa shape index (κ1) is 18.9. The van der Waals surface area contributed by atoms with Crippen molar-refractivity contribution in [2.75, 3.05) is 31.3 Å². The Morgan fingerprint density at radius 1 is 1.31 bits per heavy atom.